The molecule has 0 aliphatic carbocycles. The zero-order valence-electron chi connectivity index (χ0n) is 23.9. The summed E-state index contributed by atoms with van der Waals surface area (Å²) in [4.78, 5) is 27.5. The second-order valence-electron chi connectivity index (χ2n) is 10.4. The highest BCUT2D eigenvalue weighted by Crippen LogP contribution is 2.18. The third-order valence-corrected chi connectivity index (χ3v) is 7.50. The summed E-state index contributed by atoms with van der Waals surface area (Å²) in [5, 5.41) is 13.3. The van der Waals surface area contributed by atoms with Gasteiger partial charge in [-0.1, -0.05) is 96.6 Å². The fourth-order valence-electron chi connectivity index (χ4n) is 4.83. The first-order valence-corrected chi connectivity index (χ1v) is 16.0. The van der Waals surface area contributed by atoms with Crippen LogP contribution in [0, 0.1) is 0 Å². The number of aliphatic carboxylic acids is 1. The molecule has 0 fully saturated rings. The van der Waals surface area contributed by atoms with Crippen molar-refractivity contribution >= 4 is 40.6 Å². The number of ketones is 1. The number of carbonyl (C=O) groups is 2. The lowest BCUT2D eigenvalue weighted by molar-refractivity contribution is -0.139. The van der Waals surface area contributed by atoms with Gasteiger partial charge >= 0.3 is 5.97 Å². The molecule has 0 amide bonds. The molecular formula is C31H52Cl2N2O3. The van der Waals surface area contributed by atoms with Crippen molar-refractivity contribution in [3.63, 3.8) is 0 Å². The molecule has 0 spiro atoms. The van der Waals surface area contributed by atoms with E-state index < -0.39 is 18.1 Å². The van der Waals surface area contributed by atoms with Crippen LogP contribution in [0.25, 0.3) is 0 Å². The van der Waals surface area contributed by atoms with Crippen molar-refractivity contribution in [2.75, 3.05) is 29.7 Å². The zero-order chi connectivity index (χ0) is 28.0. The quantitative estimate of drug-likeness (QED) is 0.0920. The maximum atomic E-state index is 13.2. The lowest BCUT2D eigenvalue weighted by Gasteiger charge is -2.24. The third-order valence-electron chi connectivity index (χ3n) is 7.16. The molecule has 7 heteroatoms. The van der Waals surface area contributed by atoms with Gasteiger partial charge in [-0.15, -0.1) is 23.2 Å². The average molecular weight is 572 g/mol. The van der Waals surface area contributed by atoms with Crippen LogP contribution in [-0.2, 0) is 16.0 Å². The Kier molecular flexibility index (Phi) is 20.6. The second-order valence-corrected chi connectivity index (χ2v) is 11.1. The number of nitrogens with zero attached hydrogens (tertiary/aromatic N) is 1. The molecule has 2 N–H and O–H groups in total. The van der Waals surface area contributed by atoms with Gasteiger partial charge in [0, 0.05) is 37.0 Å². The van der Waals surface area contributed by atoms with E-state index in [1.807, 2.05) is 24.3 Å². The number of nitrogens with one attached hydrogen (secondary N) is 1. The molecule has 0 saturated carbocycles. The van der Waals surface area contributed by atoms with Gasteiger partial charge in [0.05, 0.1) is 6.04 Å². The van der Waals surface area contributed by atoms with Crippen LogP contribution >= 0.6 is 23.2 Å². The molecule has 0 heterocycles. The van der Waals surface area contributed by atoms with Crippen molar-refractivity contribution in [2.24, 2.45) is 0 Å². The van der Waals surface area contributed by atoms with Crippen molar-refractivity contribution in [1.82, 2.24) is 5.32 Å². The number of benzene rings is 1. The molecular weight excluding hydrogens is 519 g/mol. The van der Waals surface area contributed by atoms with E-state index in [4.69, 9.17) is 23.2 Å². The maximum Gasteiger partial charge on any atom is 0.321 e. The first-order chi connectivity index (χ1) is 18.5. The van der Waals surface area contributed by atoms with Crippen molar-refractivity contribution in [3.8, 4) is 0 Å². The number of alkyl halides is 2. The molecule has 218 valence electrons. The number of carboxylic acid groups (broad SMARTS) is 1. The highest BCUT2D eigenvalue weighted by atomic mass is 35.5. The lowest BCUT2D eigenvalue weighted by atomic mass is 9.96. The van der Waals surface area contributed by atoms with E-state index in [0.29, 0.717) is 44.1 Å². The van der Waals surface area contributed by atoms with Crippen LogP contribution in [0.5, 0.6) is 0 Å². The Bertz CT molecular complexity index is 739. The van der Waals surface area contributed by atoms with Gasteiger partial charge in [0.15, 0.2) is 0 Å². The lowest BCUT2D eigenvalue weighted by Crippen LogP contribution is -2.48. The molecule has 5 nitrogen and oxygen atoms in total. The van der Waals surface area contributed by atoms with Gasteiger partial charge in [-0.25, -0.2) is 0 Å². The topological polar surface area (TPSA) is 69.6 Å². The number of carboxylic acids is 1. The fraction of sp³-hybridized carbons (Fsp3) is 0.742. The molecule has 1 rings (SSSR count). The average Bonchev–Trinajstić information content (AvgIpc) is 2.91. The van der Waals surface area contributed by atoms with E-state index in [0.717, 1.165) is 43.4 Å². The smallest absolute Gasteiger partial charge is 0.321 e. The largest absolute Gasteiger partial charge is 0.480 e. The van der Waals surface area contributed by atoms with E-state index in [1.165, 1.54) is 44.9 Å². The first-order valence-electron chi connectivity index (χ1n) is 14.9. The molecule has 38 heavy (non-hydrogen) atoms. The van der Waals surface area contributed by atoms with Crippen LogP contribution in [-0.4, -0.2) is 53.8 Å². The molecule has 1 aromatic rings. The Labute approximate surface area is 242 Å². The Morgan fingerprint density at radius 1 is 0.789 bits per heavy atom. The summed E-state index contributed by atoms with van der Waals surface area (Å²) in [5.74, 6) is 0.263. The van der Waals surface area contributed by atoms with E-state index in [-0.39, 0.29) is 5.78 Å². The van der Waals surface area contributed by atoms with Crippen LogP contribution in [0.4, 0.5) is 5.69 Å². The van der Waals surface area contributed by atoms with Gasteiger partial charge in [0.2, 0.25) is 0 Å². The SMILES string of the molecule is CCCCCCCCCC(N[C@@H](Cc1ccc(N(CCCl)CCCl)cc1)C(=O)O)C(=O)CCCCCCC. The summed E-state index contributed by atoms with van der Waals surface area (Å²) in [6, 6.07) is 6.70. The maximum absolute atomic E-state index is 13.2. The Morgan fingerprint density at radius 2 is 1.32 bits per heavy atom. The van der Waals surface area contributed by atoms with Crippen molar-refractivity contribution in [2.45, 2.75) is 122 Å². The molecule has 0 radical (unpaired) electrons. The molecule has 1 aromatic carbocycles. The third kappa shape index (κ3) is 15.3. The minimum atomic E-state index is -0.916. The summed E-state index contributed by atoms with van der Waals surface area (Å²) in [7, 11) is 0. The Hall–Kier alpha value is -1.30. The van der Waals surface area contributed by atoms with E-state index in [1.54, 1.807) is 0 Å². The van der Waals surface area contributed by atoms with Crippen LogP contribution in [0.2, 0.25) is 0 Å². The fourth-order valence-corrected chi connectivity index (χ4v) is 5.24. The number of anilines is 1. The molecule has 0 bridgehead atoms. The predicted octanol–water partition coefficient (Wildman–Crippen LogP) is 7.99. The first kappa shape index (κ1) is 34.7. The van der Waals surface area contributed by atoms with Gasteiger partial charge in [-0.2, -0.15) is 0 Å². The molecule has 0 saturated heterocycles. The monoisotopic (exact) mass is 570 g/mol. The summed E-state index contributed by atoms with van der Waals surface area (Å²) >= 11 is 11.9. The summed E-state index contributed by atoms with van der Waals surface area (Å²) in [6.07, 6.45) is 15.3. The predicted molar refractivity (Wildman–Crippen MR) is 163 cm³/mol. The number of Topliss-reactive ketones (excluding diaryl/α,β-unsaturated/α-hetero) is 1. The van der Waals surface area contributed by atoms with E-state index in [2.05, 4.69) is 24.1 Å². The number of hydrogen-bond donors (Lipinski definition) is 2. The van der Waals surface area contributed by atoms with Crippen molar-refractivity contribution < 1.29 is 14.7 Å². The van der Waals surface area contributed by atoms with Crippen molar-refractivity contribution in [3.05, 3.63) is 29.8 Å². The Balaban J connectivity index is 2.79. The van der Waals surface area contributed by atoms with Crippen LogP contribution in [0.1, 0.15) is 109 Å². The van der Waals surface area contributed by atoms with Gasteiger partial charge in [-0.05, 0) is 37.0 Å². The second kappa shape index (κ2) is 22.5. The summed E-state index contributed by atoms with van der Waals surface area (Å²) < 4.78 is 0. The molecule has 2 atom stereocenters. The van der Waals surface area contributed by atoms with Crippen molar-refractivity contribution in [1.29, 1.82) is 0 Å². The van der Waals surface area contributed by atoms with Gasteiger partial charge in [0.1, 0.15) is 11.8 Å². The van der Waals surface area contributed by atoms with Gasteiger partial charge in [-0.3, -0.25) is 14.9 Å². The minimum absolute atomic E-state index is 0.159. The van der Waals surface area contributed by atoms with Crippen LogP contribution < -0.4 is 10.2 Å². The van der Waals surface area contributed by atoms with Crippen LogP contribution in [0.3, 0.4) is 0 Å². The number of hydrogen-bond acceptors (Lipinski definition) is 4. The normalized spacial score (nSPS) is 12.8. The highest BCUT2D eigenvalue weighted by Gasteiger charge is 2.26. The number of carbonyl (C=O) groups excluding carboxylic acids is 1. The van der Waals surface area contributed by atoms with E-state index >= 15 is 0 Å². The van der Waals surface area contributed by atoms with Gasteiger partial charge < -0.3 is 10.0 Å². The highest BCUT2D eigenvalue weighted by molar-refractivity contribution is 6.18. The van der Waals surface area contributed by atoms with Crippen LogP contribution in [0.15, 0.2) is 24.3 Å². The van der Waals surface area contributed by atoms with E-state index in [9.17, 15) is 14.7 Å². The zero-order valence-corrected chi connectivity index (χ0v) is 25.4. The molecule has 0 aromatic heterocycles. The standard InChI is InChI=1S/C31H52Cl2N2O3/c1-3-5-7-9-10-12-13-15-28(30(36)16-14-11-8-6-4-2)34-29(31(37)38)25-26-17-19-27(20-18-26)35(23-21-32)24-22-33/h17-20,28-29,34H,3-16,21-25H2,1-2H3,(H,37,38)/t28?,29-/m0/s1. The summed E-state index contributed by atoms with van der Waals surface area (Å²) in [6.45, 7) is 5.81. The molecule has 0 aliphatic rings. The minimum Gasteiger partial charge on any atom is -0.480 e. The van der Waals surface area contributed by atoms with Gasteiger partial charge in [0.25, 0.3) is 0 Å². The molecule has 0 aliphatic heterocycles. The molecule has 1 unspecified atom stereocenters. The number of unbranched alkanes of at least 4 members (excludes halogenated alkanes) is 10. The number of halogens is 2. The summed E-state index contributed by atoms with van der Waals surface area (Å²) in [5.41, 5.74) is 1.94. The number of rotatable bonds is 25. The Morgan fingerprint density at radius 3 is 1.84 bits per heavy atom.